The zero-order chi connectivity index (χ0) is 26.9. The van der Waals surface area contributed by atoms with Crippen molar-refractivity contribution in [2.24, 2.45) is 0 Å². The third-order valence-electron chi connectivity index (χ3n) is 5.46. The Kier molecular flexibility index (Phi) is 10.4. The van der Waals surface area contributed by atoms with Crippen molar-refractivity contribution in [2.45, 2.75) is 58.7 Å². The highest BCUT2D eigenvalue weighted by Crippen LogP contribution is 2.26. The first kappa shape index (κ1) is 28.8. The monoisotopic (exact) mass is 499 g/mol. The summed E-state index contributed by atoms with van der Waals surface area (Å²) in [4.78, 5) is 40.6. The van der Waals surface area contributed by atoms with Gasteiger partial charge in [0.2, 0.25) is 5.91 Å². The summed E-state index contributed by atoms with van der Waals surface area (Å²) in [6.07, 6.45) is -0.0847. The van der Waals surface area contributed by atoms with Crippen LogP contribution in [0.25, 0.3) is 0 Å². The zero-order valence-electron chi connectivity index (χ0n) is 21.6. The molecular formula is C27H37N3O6. The quantitative estimate of drug-likeness (QED) is 0.398. The minimum absolute atomic E-state index is 0.202. The fourth-order valence-electron chi connectivity index (χ4n) is 3.63. The Morgan fingerprint density at radius 2 is 1.67 bits per heavy atom. The van der Waals surface area contributed by atoms with Crippen LogP contribution in [0.4, 0.5) is 10.5 Å². The van der Waals surface area contributed by atoms with Crippen LogP contribution in [0.3, 0.4) is 0 Å². The van der Waals surface area contributed by atoms with Crippen LogP contribution in [0.5, 0.6) is 0 Å². The van der Waals surface area contributed by atoms with Gasteiger partial charge >= 0.3 is 6.09 Å². The van der Waals surface area contributed by atoms with Crippen LogP contribution in [0, 0.1) is 6.92 Å². The molecular weight excluding hydrogens is 462 g/mol. The molecule has 2 atom stereocenters. The standard InChI is InChI=1S/C27H37N3O6/c1-6-19-11-13-20(14-12-19)23(24(33)28-21-10-8-7-9-18(21)2)30(15-16-31)25(34)22(17-32)29-26(35)36-27(3,4)5/h7-14,22-23,31-32H,6,15-17H2,1-5H3,(H,28,33)(H,29,35). The molecule has 36 heavy (non-hydrogen) atoms. The van der Waals surface area contributed by atoms with E-state index in [1.54, 1.807) is 45.0 Å². The largest absolute Gasteiger partial charge is 0.444 e. The Hall–Kier alpha value is -3.43. The fourth-order valence-corrected chi connectivity index (χ4v) is 3.63. The topological polar surface area (TPSA) is 128 Å². The first-order valence-electron chi connectivity index (χ1n) is 12.0. The minimum atomic E-state index is -1.38. The van der Waals surface area contributed by atoms with E-state index in [9.17, 15) is 24.6 Å². The van der Waals surface area contributed by atoms with Gasteiger partial charge in [-0.1, -0.05) is 49.4 Å². The molecule has 0 bridgehead atoms. The van der Waals surface area contributed by atoms with Crippen molar-refractivity contribution in [3.63, 3.8) is 0 Å². The van der Waals surface area contributed by atoms with Gasteiger partial charge in [-0.15, -0.1) is 0 Å². The number of alkyl carbamates (subject to hydrolysis) is 1. The van der Waals surface area contributed by atoms with Gasteiger partial charge in [-0.2, -0.15) is 0 Å². The number of hydrogen-bond acceptors (Lipinski definition) is 6. The first-order valence-corrected chi connectivity index (χ1v) is 12.0. The van der Waals surface area contributed by atoms with Gasteiger partial charge in [-0.3, -0.25) is 9.59 Å². The molecule has 2 rings (SSSR count). The van der Waals surface area contributed by atoms with Crippen LogP contribution in [-0.4, -0.2) is 64.4 Å². The molecule has 0 saturated heterocycles. The molecule has 0 aliphatic carbocycles. The van der Waals surface area contributed by atoms with Crippen molar-refractivity contribution < 1.29 is 29.3 Å². The number of aliphatic hydroxyl groups is 2. The summed E-state index contributed by atoms with van der Waals surface area (Å²) >= 11 is 0. The van der Waals surface area contributed by atoms with Crippen molar-refractivity contribution in [1.82, 2.24) is 10.2 Å². The number of ether oxygens (including phenoxy) is 1. The van der Waals surface area contributed by atoms with Crippen LogP contribution in [-0.2, 0) is 20.7 Å². The van der Waals surface area contributed by atoms with Crippen molar-refractivity contribution in [2.75, 3.05) is 25.1 Å². The summed E-state index contributed by atoms with van der Waals surface area (Å²) in [6, 6.07) is 12.0. The van der Waals surface area contributed by atoms with E-state index < -0.39 is 48.8 Å². The van der Waals surface area contributed by atoms with Gasteiger partial charge in [0.15, 0.2) is 0 Å². The predicted molar refractivity (Wildman–Crippen MR) is 137 cm³/mol. The molecule has 2 aromatic rings. The van der Waals surface area contributed by atoms with Gasteiger partial charge in [0, 0.05) is 12.2 Å². The second-order valence-corrected chi connectivity index (χ2v) is 9.44. The lowest BCUT2D eigenvalue weighted by Gasteiger charge is -2.33. The normalized spacial score (nSPS) is 12.9. The van der Waals surface area contributed by atoms with Crippen molar-refractivity contribution in [3.05, 3.63) is 65.2 Å². The second kappa shape index (κ2) is 13.0. The minimum Gasteiger partial charge on any atom is -0.444 e. The highest BCUT2D eigenvalue weighted by Gasteiger charge is 2.36. The lowest BCUT2D eigenvalue weighted by Crippen LogP contribution is -2.54. The zero-order valence-corrected chi connectivity index (χ0v) is 21.6. The number of carbonyl (C=O) groups excluding carboxylic acids is 3. The fraction of sp³-hybridized carbons (Fsp3) is 0.444. The third-order valence-corrected chi connectivity index (χ3v) is 5.46. The Labute approximate surface area is 212 Å². The van der Waals surface area contributed by atoms with Gasteiger partial charge in [0.05, 0.1) is 13.2 Å². The number of benzene rings is 2. The van der Waals surface area contributed by atoms with Crippen molar-refractivity contribution >= 4 is 23.6 Å². The molecule has 0 aliphatic heterocycles. The number of rotatable bonds is 10. The van der Waals surface area contributed by atoms with Gasteiger partial charge in [-0.25, -0.2) is 4.79 Å². The summed E-state index contributed by atoms with van der Waals surface area (Å²) in [6.45, 7) is 7.52. The maximum Gasteiger partial charge on any atom is 0.408 e. The predicted octanol–water partition coefficient (Wildman–Crippen LogP) is 2.94. The summed E-state index contributed by atoms with van der Waals surface area (Å²) < 4.78 is 5.21. The number of nitrogens with one attached hydrogen (secondary N) is 2. The molecule has 0 aromatic heterocycles. The molecule has 4 N–H and O–H groups in total. The van der Waals surface area contributed by atoms with Gasteiger partial charge < -0.3 is 30.5 Å². The molecule has 0 spiro atoms. The SMILES string of the molecule is CCc1ccc(C(C(=O)Nc2ccccc2C)N(CCO)C(=O)C(CO)NC(=O)OC(C)(C)C)cc1. The molecule has 0 saturated carbocycles. The molecule has 2 aromatic carbocycles. The van der Waals surface area contributed by atoms with E-state index >= 15 is 0 Å². The Morgan fingerprint density at radius 1 is 1.03 bits per heavy atom. The number of hydrogen-bond donors (Lipinski definition) is 4. The Bertz CT molecular complexity index is 1030. The molecule has 0 aliphatic rings. The average molecular weight is 500 g/mol. The van der Waals surface area contributed by atoms with Crippen LogP contribution >= 0.6 is 0 Å². The smallest absolute Gasteiger partial charge is 0.408 e. The van der Waals surface area contributed by atoms with Gasteiger partial charge in [0.25, 0.3) is 5.91 Å². The van der Waals surface area contributed by atoms with Crippen molar-refractivity contribution in [3.8, 4) is 0 Å². The van der Waals surface area contributed by atoms with E-state index in [4.69, 9.17) is 4.74 Å². The molecule has 2 unspecified atom stereocenters. The van der Waals surface area contributed by atoms with E-state index in [1.807, 2.05) is 38.1 Å². The molecule has 9 heteroatoms. The molecule has 196 valence electrons. The number of para-hydroxylation sites is 1. The molecule has 9 nitrogen and oxygen atoms in total. The van der Waals surface area contributed by atoms with Crippen LogP contribution in [0.15, 0.2) is 48.5 Å². The van der Waals surface area contributed by atoms with E-state index in [-0.39, 0.29) is 6.54 Å². The Morgan fingerprint density at radius 3 is 2.19 bits per heavy atom. The number of amides is 3. The summed E-state index contributed by atoms with van der Waals surface area (Å²) in [7, 11) is 0. The number of anilines is 1. The van der Waals surface area contributed by atoms with Gasteiger partial charge in [0.1, 0.15) is 17.7 Å². The molecule has 0 fully saturated rings. The Balaban J connectivity index is 2.45. The van der Waals surface area contributed by atoms with Crippen molar-refractivity contribution in [1.29, 1.82) is 0 Å². The molecule has 0 heterocycles. The highest BCUT2D eigenvalue weighted by atomic mass is 16.6. The number of nitrogens with zero attached hydrogens (tertiary/aromatic N) is 1. The van der Waals surface area contributed by atoms with Gasteiger partial charge in [-0.05, 0) is 56.9 Å². The van der Waals surface area contributed by atoms with Crippen LogP contribution < -0.4 is 10.6 Å². The van der Waals surface area contributed by atoms with E-state index in [2.05, 4.69) is 10.6 Å². The third kappa shape index (κ3) is 8.07. The summed E-state index contributed by atoms with van der Waals surface area (Å²) in [5.41, 5.74) is 2.19. The van der Waals surface area contributed by atoms with Crippen LogP contribution in [0.2, 0.25) is 0 Å². The summed E-state index contributed by atoms with van der Waals surface area (Å²) in [5, 5.41) is 24.9. The number of aliphatic hydroxyl groups excluding tert-OH is 2. The van der Waals surface area contributed by atoms with E-state index in [0.717, 1.165) is 22.4 Å². The molecule has 3 amide bonds. The number of carbonyl (C=O) groups is 3. The second-order valence-electron chi connectivity index (χ2n) is 9.44. The average Bonchev–Trinajstić information content (AvgIpc) is 2.82. The highest BCUT2D eigenvalue weighted by molar-refractivity contribution is 5.99. The molecule has 0 radical (unpaired) electrons. The maximum absolute atomic E-state index is 13.6. The number of aryl methyl sites for hydroxylation is 2. The lowest BCUT2D eigenvalue weighted by molar-refractivity contribution is -0.142. The maximum atomic E-state index is 13.6. The first-order chi connectivity index (χ1) is 17.0. The van der Waals surface area contributed by atoms with E-state index in [0.29, 0.717) is 11.3 Å². The summed E-state index contributed by atoms with van der Waals surface area (Å²) in [5.74, 6) is -1.23. The van der Waals surface area contributed by atoms with E-state index in [1.165, 1.54) is 0 Å². The lowest BCUT2D eigenvalue weighted by atomic mass is 10.00. The van der Waals surface area contributed by atoms with Crippen LogP contribution in [0.1, 0.15) is 50.4 Å².